The average Bonchev–Trinajstić information content (AvgIpc) is 3.11. The van der Waals surface area contributed by atoms with Gasteiger partial charge in [0.05, 0.1) is 40.2 Å². The molecule has 2 fully saturated rings. The predicted molar refractivity (Wildman–Crippen MR) is 111 cm³/mol. The number of hydrogen-bond donors (Lipinski definition) is 0. The fourth-order valence-electron chi connectivity index (χ4n) is 3.35. The summed E-state index contributed by atoms with van der Waals surface area (Å²) in [7, 11) is -5.57. The zero-order chi connectivity index (χ0) is 22.8. The first-order valence-corrected chi connectivity index (χ1v) is 13.2. The van der Waals surface area contributed by atoms with Gasteiger partial charge < -0.3 is 14.4 Å². The number of likely N-dealkylation sites (N-methyl/N-ethyl adjacent to an activating group) is 1. The molecule has 3 rings (SSSR count). The maximum atomic E-state index is 12.8. The SMILES string of the molecule is CN(C(=O)COC(=O)c1cc(S(=O)(=O)N2CCOCC2)ccc1Cl)[C@@H]1CCS(=O)(=O)C1. The standard InChI is InChI=1S/C18H23ClN2O8S2/c1-20(13-4-9-30(24,25)12-13)17(22)11-29-18(23)15-10-14(2-3-16(15)19)31(26,27)21-5-7-28-8-6-21/h2-3,10,13H,4-9,11-12H2,1H3/t13-/m1/s1. The molecular formula is C18H23ClN2O8S2. The van der Waals surface area contributed by atoms with Gasteiger partial charge in [-0.3, -0.25) is 4.79 Å². The molecule has 1 aromatic rings. The van der Waals surface area contributed by atoms with Crippen molar-refractivity contribution in [3.8, 4) is 0 Å². The van der Waals surface area contributed by atoms with Gasteiger partial charge in [0.25, 0.3) is 5.91 Å². The van der Waals surface area contributed by atoms with Gasteiger partial charge in [-0.1, -0.05) is 11.6 Å². The summed E-state index contributed by atoms with van der Waals surface area (Å²) in [6.45, 7) is 0.326. The number of rotatable bonds is 6. The maximum absolute atomic E-state index is 12.8. The molecule has 31 heavy (non-hydrogen) atoms. The van der Waals surface area contributed by atoms with E-state index < -0.39 is 44.4 Å². The van der Waals surface area contributed by atoms with E-state index in [1.165, 1.54) is 28.4 Å². The Balaban J connectivity index is 1.67. The molecule has 0 N–H and O–H groups in total. The van der Waals surface area contributed by atoms with Crippen molar-refractivity contribution in [2.75, 3.05) is 51.5 Å². The summed E-state index contributed by atoms with van der Waals surface area (Å²) in [5.41, 5.74) is -0.185. The molecule has 2 aliphatic heterocycles. The minimum absolute atomic E-state index is 0.00902. The normalized spacial score (nSPS) is 21.5. The summed E-state index contributed by atoms with van der Waals surface area (Å²) in [4.78, 5) is 25.9. The van der Waals surface area contributed by atoms with Crippen molar-refractivity contribution in [1.29, 1.82) is 0 Å². The van der Waals surface area contributed by atoms with Gasteiger partial charge in [-0.25, -0.2) is 21.6 Å². The number of nitrogens with zero attached hydrogens (tertiary/aromatic N) is 2. The van der Waals surface area contributed by atoms with Crippen LogP contribution in [-0.4, -0.2) is 95.4 Å². The number of halogens is 1. The number of benzene rings is 1. The van der Waals surface area contributed by atoms with E-state index >= 15 is 0 Å². The van der Waals surface area contributed by atoms with Crippen LogP contribution in [0.25, 0.3) is 0 Å². The van der Waals surface area contributed by atoms with E-state index in [0.717, 1.165) is 6.07 Å². The molecular weight excluding hydrogens is 472 g/mol. The predicted octanol–water partition coefficient (Wildman–Crippen LogP) is 0.163. The highest BCUT2D eigenvalue weighted by Crippen LogP contribution is 2.24. The number of esters is 1. The van der Waals surface area contributed by atoms with Crippen LogP contribution in [0, 0.1) is 0 Å². The van der Waals surface area contributed by atoms with Gasteiger partial charge in [-0.05, 0) is 24.6 Å². The minimum atomic E-state index is -3.85. The summed E-state index contributed by atoms with van der Waals surface area (Å²) >= 11 is 6.05. The molecule has 1 amide bonds. The Bertz CT molecular complexity index is 1070. The highest BCUT2D eigenvalue weighted by atomic mass is 35.5. The van der Waals surface area contributed by atoms with Crippen LogP contribution in [0.1, 0.15) is 16.8 Å². The van der Waals surface area contributed by atoms with Crippen LogP contribution in [0.2, 0.25) is 5.02 Å². The van der Waals surface area contributed by atoms with Gasteiger partial charge in [0.15, 0.2) is 16.4 Å². The second kappa shape index (κ2) is 9.41. The van der Waals surface area contributed by atoms with E-state index in [1.54, 1.807) is 0 Å². The number of sulfonamides is 1. The Labute approximate surface area is 186 Å². The van der Waals surface area contributed by atoms with Crippen LogP contribution in [0.5, 0.6) is 0 Å². The van der Waals surface area contributed by atoms with Gasteiger partial charge in [0, 0.05) is 26.2 Å². The summed E-state index contributed by atoms with van der Waals surface area (Å²) in [5.74, 6) is -1.64. The quantitative estimate of drug-likeness (QED) is 0.512. The largest absolute Gasteiger partial charge is 0.452 e. The maximum Gasteiger partial charge on any atom is 0.340 e. The van der Waals surface area contributed by atoms with Crippen molar-refractivity contribution in [2.24, 2.45) is 0 Å². The van der Waals surface area contributed by atoms with E-state index in [-0.39, 0.29) is 53.3 Å². The van der Waals surface area contributed by atoms with Gasteiger partial charge in [-0.15, -0.1) is 0 Å². The topological polar surface area (TPSA) is 127 Å². The number of amides is 1. The Morgan fingerprint density at radius 2 is 1.97 bits per heavy atom. The third-order valence-electron chi connectivity index (χ3n) is 5.24. The minimum Gasteiger partial charge on any atom is -0.452 e. The van der Waals surface area contributed by atoms with Gasteiger partial charge in [0.1, 0.15) is 0 Å². The first kappa shape index (κ1) is 23.9. The van der Waals surface area contributed by atoms with E-state index in [9.17, 15) is 26.4 Å². The lowest BCUT2D eigenvalue weighted by Gasteiger charge is -2.26. The number of ether oxygens (including phenoxy) is 2. The molecule has 0 aromatic heterocycles. The molecule has 2 heterocycles. The third kappa shape index (κ3) is 5.55. The third-order valence-corrected chi connectivity index (χ3v) is 9.22. The van der Waals surface area contributed by atoms with Gasteiger partial charge in [0.2, 0.25) is 10.0 Å². The molecule has 0 bridgehead atoms. The van der Waals surface area contributed by atoms with Crippen molar-refractivity contribution >= 4 is 43.3 Å². The molecule has 172 valence electrons. The molecule has 0 radical (unpaired) electrons. The van der Waals surface area contributed by atoms with Crippen LogP contribution in [0.4, 0.5) is 0 Å². The summed E-state index contributed by atoms with van der Waals surface area (Å²) < 4.78 is 60.2. The lowest BCUT2D eigenvalue weighted by molar-refractivity contribution is -0.134. The Kier molecular flexibility index (Phi) is 7.26. The number of morpholine rings is 1. The van der Waals surface area contributed by atoms with Gasteiger partial charge >= 0.3 is 5.97 Å². The number of carbonyl (C=O) groups excluding carboxylic acids is 2. The van der Waals surface area contributed by atoms with Crippen molar-refractivity contribution < 1.29 is 35.9 Å². The van der Waals surface area contributed by atoms with Crippen LogP contribution < -0.4 is 0 Å². The summed E-state index contributed by atoms with van der Waals surface area (Å²) in [6, 6.07) is 3.22. The number of hydrogen-bond acceptors (Lipinski definition) is 8. The van der Waals surface area contributed by atoms with Gasteiger partial charge in [-0.2, -0.15) is 4.31 Å². The van der Waals surface area contributed by atoms with Crippen molar-refractivity contribution in [1.82, 2.24) is 9.21 Å². The zero-order valence-electron chi connectivity index (χ0n) is 16.8. The lowest BCUT2D eigenvalue weighted by Crippen LogP contribution is -2.40. The van der Waals surface area contributed by atoms with Crippen LogP contribution in [0.15, 0.2) is 23.1 Å². The zero-order valence-corrected chi connectivity index (χ0v) is 19.2. The number of carbonyl (C=O) groups is 2. The molecule has 2 saturated heterocycles. The molecule has 0 saturated carbocycles. The molecule has 10 nitrogen and oxygen atoms in total. The Morgan fingerprint density at radius 1 is 1.29 bits per heavy atom. The molecule has 1 atom stereocenters. The highest BCUT2D eigenvalue weighted by molar-refractivity contribution is 7.91. The van der Waals surface area contributed by atoms with E-state index in [0.29, 0.717) is 6.42 Å². The Hall–Kier alpha value is -1.73. The van der Waals surface area contributed by atoms with E-state index in [1.807, 2.05) is 0 Å². The molecule has 1 aromatic carbocycles. The fraction of sp³-hybridized carbons (Fsp3) is 0.556. The summed E-state index contributed by atoms with van der Waals surface area (Å²) in [6.07, 6.45) is 0.325. The van der Waals surface area contributed by atoms with E-state index in [4.69, 9.17) is 21.1 Å². The smallest absolute Gasteiger partial charge is 0.340 e. The molecule has 13 heteroatoms. The van der Waals surface area contributed by atoms with Crippen molar-refractivity contribution in [3.05, 3.63) is 28.8 Å². The molecule has 0 spiro atoms. The van der Waals surface area contributed by atoms with Crippen molar-refractivity contribution in [3.63, 3.8) is 0 Å². The lowest BCUT2D eigenvalue weighted by atomic mass is 10.2. The molecule has 2 aliphatic rings. The summed E-state index contributed by atoms with van der Waals surface area (Å²) in [5, 5.41) is -0.0198. The van der Waals surface area contributed by atoms with Crippen LogP contribution >= 0.6 is 11.6 Å². The van der Waals surface area contributed by atoms with Crippen LogP contribution in [-0.2, 0) is 34.1 Å². The Morgan fingerprint density at radius 3 is 2.58 bits per heavy atom. The van der Waals surface area contributed by atoms with Crippen molar-refractivity contribution in [2.45, 2.75) is 17.4 Å². The second-order valence-electron chi connectivity index (χ2n) is 7.30. The average molecular weight is 495 g/mol. The number of sulfone groups is 1. The first-order valence-electron chi connectivity index (χ1n) is 9.52. The van der Waals surface area contributed by atoms with Crippen LogP contribution in [0.3, 0.4) is 0 Å². The highest BCUT2D eigenvalue weighted by Gasteiger charge is 2.33. The molecule has 0 unspecified atom stereocenters. The first-order chi connectivity index (χ1) is 14.5. The molecule has 0 aliphatic carbocycles. The monoisotopic (exact) mass is 494 g/mol. The second-order valence-corrected chi connectivity index (χ2v) is 11.9. The fourth-order valence-corrected chi connectivity index (χ4v) is 6.75. The van der Waals surface area contributed by atoms with E-state index in [2.05, 4.69) is 0 Å².